The van der Waals surface area contributed by atoms with Crippen molar-refractivity contribution in [3.8, 4) is 0 Å². The Hall–Kier alpha value is -0.370. The fourth-order valence-electron chi connectivity index (χ4n) is 0.684. The second-order valence-electron chi connectivity index (χ2n) is 3.62. The van der Waals surface area contributed by atoms with E-state index in [-0.39, 0.29) is 11.2 Å². The Morgan fingerprint density at radius 1 is 1.36 bits per heavy atom. The van der Waals surface area contributed by atoms with Crippen LogP contribution in [0.15, 0.2) is 0 Å². The van der Waals surface area contributed by atoms with E-state index < -0.39 is 0 Å². The third-order valence-electron chi connectivity index (χ3n) is 1.51. The first-order valence-corrected chi connectivity index (χ1v) is 4.09. The molecule has 0 bridgehead atoms. The summed E-state index contributed by atoms with van der Waals surface area (Å²) in [5.41, 5.74) is -0.211. The lowest BCUT2D eigenvalue weighted by Gasteiger charge is -2.15. The Bertz CT molecular complexity index is 122. The molecule has 0 unspecified atom stereocenters. The van der Waals surface area contributed by atoms with Crippen LogP contribution in [-0.2, 0) is 9.53 Å². The zero-order valence-corrected chi connectivity index (χ0v) is 7.94. The van der Waals surface area contributed by atoms with E-state index in [1.54, 1.807) is 0 Å². The van der Waals surface area contributed by atoms with Crippen molar-refractivity contribution in [3.63, 3.8) is 0 Å². The average molecular weight is 158 g/mol. The first-order valence-electron chi connectivity index (χ1n) is 4.09. The van der Waals surface area contributed by atoms with Gasteiger partial charge in [-0.2, -0.15) is 0 Å². The molecular formula is C9H18O2. The lowest BCUT2D eigenvalue weighted by molar-refractivity contribution is -0.127. The van der Waals surface area contributed by atoms with Crippen LogP contribution in [0, 0.1) is 5.41 Å². The molecule has 0 saturated heterocycles. The number of rotatable bonds is 4. The summed E-state index contributed by atoms with van der Waals surface area (Å²) >= 11 is 0. The van der Waals surface area contributed by atoms with E-state index in [1.807, 2.05) is 27.7 Å². The van der Waals surface area contributed by atoms with Gasteiger partial charge >= 0.3 is 0 Å². The standard InChI is InChI=1S/C9H18O2/c1-5-11-7-6-8(10)9(2,3)4/h5-7H2,1-4H3. The van der Waals surface area contributed by atoms with Crippen LogP contribution in [0.2, 0.25) is 0 Å². The summed E-state index contributed by atoms with van der Waals surface area (Å²) in [5.74, 6) is 0.269. The SMILES string of the molecule is CCOCCC(=O)C(C)(C)C. The minimum atomic E-state index is -0.211. The van der Waals surface area contributed by atoms with Crippen molar-refractivity contribution in [3.05, 3.63) is 0 Å². The van der Waals surface area contributed by atoms with E-state index in [0.717, 1.165) is 0 Å². The van der Waals surface area contributed by atoms with Gasteiger partial charge in [0, 0.05) is 18.4 Å². The van der Waals surface area contributed by atoms with E-state index >= 15 is 0 Å². The third kappa shape index (κ3) is 4.96. The Kier molecular flexibility index (Phi) is 4.34. The highest BCUT2D eigenvalue weighted by Gasteiger charge is 2.19. The number of ether oxygens (including phenoxy) is 1. The Morgan fingerprint density at radius 3 is 2.27 bits per heavy atom. The van der Waals surface area contributed by atoms with Gasteiger partial charge in [-0.1, -0.05) is 20.8 Å². The largest absolute Gasteiger partial charge is 0.381 e. The molecule has 2 nitrogen and oxygen atoms in total. The van der Waals surface area contributed by atoms with E-state index in [4.69, 9.17) is 4.74 Å². The van der Waals surface area contributed by atoms with Gasteiger partial charge in [-0.15, -0.1) is 0 Å². The van der Waals surface area contributed by atoms with Crippen LogP contribution < -0.4 is 0 Å². The normalized spacial score (nSPS) is 11.6. The number of Topliss-reactive ketones (excluding diaryl/α,β-unsaturated/α-hetero) is 1. The summed E-state index contributed by atoms with van der Waals surface area (Å²) in [7, 11) is 0. The maximum atomic E-state index is 11.3. The van der Waals surface area contributed by atoms with Gasteiger partial charge in [0.25, 0.3) is 0 Å². The molecule has 0 aromatic carbocycles. The quantitative estimate of drug-likeness (QED) is 0.585. The van der Waals surface area contributed by atoms with Crippen molar-refractivity contribution in [2.75, 3.05) is 13.2 Å². The zero-order chi connectivity index (χ0) is 8.91. The molecule has 0 aromatic rings. The van der Waals surface area contributed by atoms with E-state index in [9.17, 15) is 4.79 Å². The van der Waals surface area contributed by atoms with Crippen LogP contribution >= 0.6 is 0 Å². The molecule has 0 spiro atoms. The fraction of sp³-hybridized carbons (Fsp3) is 0.889. The molecule has 0 aromatic heterocycles. The topological polar surface area (TPSA) is 26.3 Å². The molecule has 0 amide bonds. The predicted molar refractivity (Wildman–Crippen MR) is 45.6 cm³/mol. The summed E-state index contributed by atoms with van der Waals surface area (Å²) < 4.78 is 5.08. The maximum Gasteiger partial charge on any atom is 0.140 e. The molecule has 0 aliphatic carbocycles. The molecule has 2 heteroatoms. The Labute approximate surface area is 68.9 Å². The highest BCUT2D eigenvalue weighted by molar-refractivity contribution is 5.83. The second kappa shape index (κ2) is 4.50. The zero-order valence-electron chi connectivity index (χ0n) is 7.94. The monoisotopic (exact) mass is 158 g/mol. The summed E-state index contributed by atoms with van der Waals surface area (Å²) in [6.07, 6.45) is 0.539. The Balaban J connectivity index is 3.54. The smallest absolute Gasteiger partial charge is 0.140 e. The molecule has 0 saturated carbocycles. The van der Waals surface area contributed by atoms with Crippen molar-refractivity contribution < 1.29 is 9.53 Å². The average Bonchev–Trinajstić information content (AvgIpc) is 1.86. The third-order valence-corrected chi connectivity index (χ3v) is 1.51. The van der Waals surface area contributed by atoms with Crippen molar-refractivity contribution in [1.82, 2.24) is 0 Å². The van der Waals surface area contributed by atoms with Gasteiger partial charge in [-0.3, -0.25) is 4.79 Å². The van der Waals surface area contributed by atoms with Gasteiger partial charge in [0.1, 0.15) is 5.78 Å². The molecule has 11 heavy (non-hydrogen) atoms. The van der Waals surface area contributed by atoms with Crippen LogP contribution in [0.1, 0.15) is 34.1 Å². The maximum absolute atomic E-state index is 11.3. The van der Waals surface area contributed by atoms with Gasteiger partial charge in [-0.05, 0) is 6.92 Å². The van der Waals surface area contributed by atoms with Gasteiger partial charge in [0.2, 0.25) is 0 Å². The summed E-state index contributed by atoms with van der Waals surface area (Å²) in [6.45, 7) is 8.98. The molecule has 66 valence electrons. The summed E-state index contributed by atoms with van der Waals surface area (Å²) in [5, 5.41) is 0. The highest BCUT2D eigenvalue weighted by Crippen LogP contribution is 2.16. The number of carbonyl (C=O) groups is 1. The predicted octanol–water partition coefficient (Wildman–Crippen LogP) is 2.03. The number of hydrogen-bond acceptors (Lipinski definition) is 2. The van der Waals surface area contributed by atoms with Crippen molar-refractivity contribution in [1.29, 1.82) is 0 Å². The molecule has 0 rings (SSSR count). The summed E-state index contributed by atoms with van der Waals surface area (Å²) in [4.78, 5) is 11.3. The molecule has 0 fully saturated rings. The van der Waals surface area contributed by atoms with Crippen LogP contribution in [0.3, 0.4) is 0 Å². The van der Waals surface area contributed by atoms with Gasteiger partial charge < -0.3 is 4.74 Å². The molecule has 0 N–H and O–H groups in total. The first kappa shape index (κ1) is 10.6. The molecule has 0 aliphatic heterocycles. The molecule has 0 atom stereocenters. The van der Waals surface area contributed by atoms with E-state index in [0.29, 0.717) is 19.6 Å². The van der Waals surface area contributed by atoms with E-state index in [2.05, 4.69) is 0 Å². The molecule has 0 heterocycles. The molecular weight excluding hydrogens is 140 g/mol. The van der Waals surface area contributed by atoms with Crippen LogP contribution in [0.4, 0.5) is 0 Å². The van der Waals surface area contributed by atoms with Crippen molar-refractivity contribution in [2.24, 2.45) is 5.41 Å². The fourth-order valence-corrected chi connectivity index (χ4v) is 0.684. The van der Waals surface area contributed by atoms with E-state index in [1.165, 1.54) is 0 Å². The Morgan fingerprint density at radius 2 is 1.91 bits per heavy atom. The summed E-state index contributed by atoms with van der Waals surface area (Å²) in [6, 6.07) is 0. The van der Waals surface area contributed by atoms with Gasteiger partial charge in [0.15, 0.2) is 0 Å². The molecule has 0 radical (unpaired) electrons. The van der Waals surface area contributed by atoms with Crippen molar-refractivity contribution in [2.45, 2.75) is 34.1 Å². The first-order chi connectivity index (χ1) is 4.98. The van der Waals surface area contributed by atoms with Crippen LogP contribution in [0.5, 0.6) is 0 Å². The molecule has 0 aliphatic rings. The van der Waals surface area contributed by atoms with Crippen molar-refractivity contribution >= 4 is 5.78 Å². The highest BCUT2D eigenvalue weighted by atomic mass is 16.5. The van der Waals surface area contributed by atoms with Gasteiger partial charge in [-0.25, -0.2) is 0 Å². The number of carbonyl (C=O) groups excluding carboxylic acids is 1. The van der Waals surface area contributed by atoms with Crippen LogP contribution in [0.25, 0.3) is 0 Å². The van der Waals surface area contributed by atoms with Crippen LogP contribution in [-0.4, -0.2) is 19.0 Å². The van der Waals surface area contributed by atoms with Gasteiger partial charge in [0.05, 0.1) is 6.61 Å². The number of hydrogen-bond donors (Lipinski definition) is 0. The lowest BCUT2D eigenvalue weighted by Crippen LogP contribution is -2.21. The lowest BCUT2D eigenvalue weighted by atomic mass is 9.89. The minimum absolute atomic E-state index is 0.211. The number of ketones is 1. The second-order valence-corrected chi connectivity index (χ2v) is 3.62. The minimum Gasteiger partial charge on any atom is -0.381 e.